The van der Waals surface area contributed by atoms with Crippen molar-refractivity contribution in [2.45, 2.75) is 13.8 Å². The van der Waals surface area contributed by atoms with Gasteiger partial charge in [0, 0.05) is 16.5 Å². The summed E-state index contributed by atoms with van der Waals surface area (Å²) in [6, 6.07) is 0. The first-order chi connectivity index (χ1) is 5.80. The average Bonchev–Trinajstić information content (AvgIpc) is 2.67. The van der Waals surface area contributed by atoms with Gasteiger partial charge in [0.2, 0.25) is 0 Å². The third-order valence-electron chi connectivity index (χ3n) is 1.33. The first-order valence-electron chi connectivity index (χ1n) is 3.49. The summed E-state index contributed by atoms with van der Waals surface area (Å²) in [5.74, 6) is 0. The van der Waals surface area contributed by atoms with Gasteiger partial charge >= 0.3 is 0 Å². The van der Waals surface area contributed by atoms with Crippen molar-refractivity contribution in [2.75, 3.05) is 0 Å². The third-order valence-corrected chi connectivity index (χ3v) is 2.71. The van der Waals surface area contributed by atoms with Crippen molar-refractivity contribution >= 4 is 22.7 Å². The van der Waals surface area contributed by atoms with Crippen molar-refractivity contribution in [3.8, 4) is 0 Å². The van der Waals surface area contributed by atoms with E-state index in [0.717, 1.165) is 5.69 Å². The molecule has 2 nitrogen and oxygen atoms in total. The molecule has 64 valence electrons. The molecule has 0 aliphatic heterocycles. The zero-order valence-electron chi connectivity index (χ0n) is 7.02. The van der Waals surface area contributed by atoms with E-state index in [2.05, 4.69) is 16.9 Å². The van der Waals surface area contributed by atoms with Gasteiger partial charge in [0.15, 0.2) is 0 Å². The zero-order valence-corrected chi connectivity index (χ0v) is 8.65. The van der Waals surface area contributed by atoms with Crippen LogP contribution in [0.2, 0.25) is 0 Å². The molecule has 0 unspecified atom stereocenters. The zero-order chi connectivity index (χ0) is 8.81. The van der Waals surface area contributed by atoms with E-state index in [4.69, 9.17) is 0 Å². The number of hydrogen-bond acceptors (Lipinski definition) is 4. The lowest BCUT2D eigenvalue weighted by molar-refractivity contribution is 1.23. The lowest BCUT2D eigenvalue weighted by atomic mass is 10.4. The number of hydrogen-bond donors (Lipinski definition) is 0. The molecule has 0 atom stereocenters. The van der Waals surface area contributed by atoms with Gasteiger partial charge in [-0.2, -0.15) is 0 Å². The third kappa shape index (κ3) is 3.11. The van der Waals surface area contributed by atoms with Crippen LogP contribution in [0.5, 0.6) is 0 Å². The molecule has 2 heterocycles. The Kier molecular flexibility index (Phi) is 3.90. The second kappa shape index (κ2) is 5.00. The predicted octanol–water partition coefficient (Wildman–Crippen LogP) is 2.90. The topological polar surface area (TPSA) is 25.8 Å². The Morgan fingerprint density at radius 3 is 2.25 bits per heavy atom. The van der Waals surface area contributed by atoms with E-state index in [9.17, 15) is 0 Å². The highest BCUT2D eigenvalue weighted by Gasteiger charge is 1.88. The Balaban J connectivity index is 0.000000127. The molecule has 0 aliphatic rings. The minimum Gasteiger partial charge on any atom is -0.253 e. The molecular weight excluding hydrogens is 188 g/mol. The summed E-state index contributed by atoms with van der Waals surface area (Å²) in [5, 5.41) is 1.93. The lowest BCUT2D eigenvalue weighted by Gasteiger charge is -1.77. The van der Waals surface area contributed by atoms with Crippen LogP contribution < -0.4 is 0 Å². The molecule has 0 aliphatic carbocycles. The summed E-state index contributed by atoms with van der Waals surface area (Å²) in [5.41, 5.74) is 4.81. The van der Waals surface area contributed by atoms with E-state index in [1.165, 1.54) is 4.88 Å². The van der Waals surface area contributed by atoms with Crippen LogP contribution in [0.25, 0.3) is 0 Å². The molecule has 0 saturated heterocycles. The second-order valence-corrected chi connectivity index (χ2v) is 3.98. The summed E-state index contributed by atoms with van der Waals surface area (Å²) >= 11 is 3.30. The molecule has 0 spiro atoms. The Bertz CT molecular complexity index is 267. The molecule has 4 heteroatoms. The van der Waals surface area contributed by atoms with Crippen molar-refractivity contribution in [1.82, 2.24) is 9.97 Å². The van der Waals surface area contributed by atoms with E-state index < -0.39 is 0 Å². The highest BCUT2D eigenvalue weighted by molar-refractivity contribution is 7.09. The highest BCUT2D eigenvalue weighted by Crippen LogP contribution is 2.07. The minimum atomic E-state index is 1.16. The molecule has 2 rings (SSSR count). The van der Waals surface area contributed by atoms with Crippen molar-refractivity contribution < 1.29 is 0 Å². The molecule has 0 aromatic carbocycles. The van der Waals surface area contributed by atoms with Crippen LogP contribution in [0, 0.1) is 13.8 Å². The van der Waals surface area contributed by atoms with Crippen molar-refractivity contribution in [3.05, 3.63) is 33.2 Å². The van der Waals surface area contributed by atoms with E-state index in [-0.39, 0.29) is 0 Å². The molecule has 0 N–H and O–H groups in total. The van der Waals surface area contributed by atoms with Gasteiger partial charge in [-0.1, -0.05) is 0 Å². The van der Waals surface area contributed by atoms with Crippen LogP contribution in [0.15, 0.2) is 22.6 Å². The molecule has 0 saturated carbocycles. The summed E-state index contributed by atoms with van der Waals surface area (Å²) in [4.78, 5) is 9.09. The number of aryl methyl sites for hydroxylation is 2. The largest absolute Gasteiger partial charge is 0.253 e. The van der Waals surface area contributed by atoms with Gasteiger partial charge in [0.05, 0.1) is 16.7 Å². The van der Waals surface area contributed by atoms with Crippen molar-refractivity contribution in [3.63, 3.8) is 0 Å². The van der Waals surface area contributed by atoms with Gasteiger partial charge < -0.3 is 0 Å². The van der Waals surface area contributed by atoms with Crippen LogP contribution in [0.3, 0.4) is 0 Å². The molecule has 0 amide bonds. The number of aromatic nitrogens is 2. The first kappa shape index (κ1) is 9.35. The van der Waals surface area contributed by atoms with Gasteiger partial charge in [-0.25, -0.2) is 4.98 Å². The van der Waals surface area contributed by atoms with Crippen LogP contribution >= 0.6 is 22.7 Å². The molecule has 0 bridgehead atoms. The predicted molar refractivity (Wildman–Crippen MR) is 53.7 cm³/mol. The van der Waals surface area contributed by atoms with Crippen LogP contribution in [-0.2, 0) is 0 Å². The molecule has 2 aromatic heterocycles. The Morgan fingerprint density at radius 1 is 1.25 bits per heavy atom. The molecule has 0 fully saturated rings. The SMILES string of the molecule is Cc1ncsc1C.c1cscn1. The molecular formula is C8H10N2S2. The molecule has 2 aromatic rings. The van der Waals surface area contributed by atoms with E-state index in [0.29, 0.717) is 0 Å². The number of nitrogens with zero attached hydrogens (tertiary/aromatic N) is 2. The normalized spacial score (nSPS) is 8.83. The monoisotopic (exact) mass is 198 g/mol. The molecule has 12 heavy (non-hydrogen) atoms. The number of thiazole rings is 2. The Morgan fingerprint density at radius 2 is 2.08 bits per heavy atom. The lowest BCUT2D eigenvalue weighted by Crippen LogP contribution is -1.68. The van der Waals surface area contributed by atoms with Crippen molar-refractivity contribution in [2.24, 2.45) is 0 Å². The minimum absolute atomic E-state index is 1.16. The maximum absolute atomic E-state index is 4.03. The fourth-order valence-corrected chi connectivity index (χ4v) is 1.48. The first-order valence-corrected chi connectivity index (χ1v) is 5.32. The second-order valence-electron chi connectivity index (χ2n) is 2.17. The maximum Gasteiger partial charge on any atom is 0.0797 e. The quantitative estimate of drug-likeness (QED) is 0.650. The fourth-order valence-electron chi connectivity index (χ4n) is 0.536. The summed E-state index contributed by atoms with van der Waals surface area (Å²) in [6.07, 6.45) is 1.77. The number of rotatable bonds is 0. The summed E-state index contributed by atoms with van der Waals surface area (Å²) in [7, 11) is 0. The summed E-state index contributed by atoms with van der Waals surface area (Å²) < 4.78 is 0. The standard InChI is InChI=1S/C5H7NS.C3H3NS/c1-4-5(2)7-3-6-4;1-2-5-3-4-1/h3H,1-2H3;1-3H. The smallest absolute Gasteiger partial charge is 0.0797 e. The fraction of sp³-hybridized carbons (Fsp3) is 0.250. The van der Waals surface area contributed by atoms with E-state index in [1.54, 1.807) is 34.4 Å². The van der Waals surface area contributed by atoms with Gasteiger partial charge in [0.1, 0.15) is 0 Å². The van der Waals surface area contributed by atoms with Crippen LogP contribution in [0.1, 0.15) is 10.6 Å². The summed E-state index contributed by atoms with van der Waals surface area (Å²) in [6.45, 7) is 4.10. The average molecular weight is 198 g/mol. The Labute approximate surface area is 79.9 Å². The maximum atomic E-state index is 4.03. The van der Waals surface area contributed by atoms with Gasteiger partial charge in [0.25, 0.3) is 0 Å². The molecule has 0 radical (unpaired) electrons. The van der Waals surface area contributed by atoms with E-state index in [1.807, 2.05) is 17.8 Å². The van der Waals surface area contributed by atoms with E-state index >= 15 is 0 Å². The van der Waals surface area contributed by atoms with Gasteiger partial charge in [-0.3, -0.25) is 4.98 Å². The highest BCUT2D eigenvalue weighted by atomic mass is 32.1. The van der Waals surface area contributed by atoms with Gasteiger partial charge in [-0.15, -0.1) is 22.7 Å². The van der Waals surface area contributed by atoms with Gasteiger partial charge in [-0.05, 0) is 13.8 Å². The van der Waals surface area contributed by atoms with Crippen LogP contribution in [-0.4, -0.2) is 9.97 Å². The van der Waals surface area contributed by atoms with Crippen molar-refractivity contribution in [1.29, 1.82) is 0 Å². The van der Waals surface area contributed by atoms with Crippen LogP contribution in [0.4, 0.5) is 0 Å². The Hall–Kier alpha value is -0.740.